The number of carbonyl (C=O) groups is 3. The first-order valence-electron chi connectivity index (χ1n) is 19.4. The van der Waals surface area contributed by atoms with Crippen molar-refractivity contribution >= 4 is 45.3 Å². The third-order valence-corrected chi connectivity index (χ3v) is 11.0. The lowest BCUT2D eigenvalue weighted by molar-refractivity contribution is -0.141. The molecule has 4 heterocycles. The molecule has 13 nitrogen and oxygen atoms in total. The number of aliphatic hydroxyl groups is 1. The number of nitrogens with zero attached hydrogens (tertiary/aromatic N) is 5. The summed E-state index contributed by atoms with van der Waals surface area (Å²) in [7, 11) is 1.66. The molecule has 0 bridgehead atoms. The number of hydrogen-bond acceptors (Lipinski definition) is 8. The number of nitrogens with one attached hydrogen (secondary N) is 3. The summed E-state index contributed by atoms with van der Waals surface area (Å²) < 4.78 is 44.6. The van der Waals surface area contributed by atoms with Gasteiger partial charge < -0.3 is 15.7 Å². The molecule has 1 unspecified atom stereocenters. The number of halogens is 3. The summed E-state index contributed by atoms with van der Waals surface area (Å²) in [6, 6.07) is 11.4. The van der Waals surface area contributed by atoms with Crippen molar-refractivity contribution in [3.05, 3.63) is 87.7 Å². The van der Waals surface area contributed by atoms with E-state index in [-0.39, 0.29) is 36.2 Å². The van der Waals surface area contributed by atoms with Gasteiger partial charge >= 0.3 is 11.9 Å². The van der Waals surface area contributed by atoms with Gasteiger partial charge in [0, 0.05) is 42.7 Å². The first-order valence-corrected chi connectivity index (χ1v) is 19.4. The summed E-state index contributed by atoms with van der Waals surface area (Å²) in [6.07, 6.45) is 3.03. The number of imidazole rings is 1. The van der Waals surface area contributed by atoms with Gasteiger partial charge in [-0.2, -0.15) is 18.3 Å². The van der Waals surface area contributed by atoms with Gasteiger partial charge in [0.2, 0.25) is 11.8 Å². The maximum Gasteiger partial charge on any atom is 0.433 e. The number of alkyl halides is 3. The second kappa shape index (κ2) is 16.2. The number of rotatable bonds is 10. The number of aryl methyl sites for hydroxylation is 1. The molecule has 3 amide bonds. The van der Waals surface area contributed by atoms with Gasteiger partial charge in [-0.15, -0.1) is 0 Å². The second-order valence-corrected chi connectivity index (χ2v) is 15.6. The number of benzene rings is 2. The molecule has 0 spiro atoms. The predicted molar refractivity (Wildman–Crippen MR) is 211 cm³/mol. The molecular formula is C42H45F3N8O5. The fraction of sp³-hybridized carbons (Fsp3) is 0.429. The highest BCUT2D eigenvalue weighted by Crippen LogP contribution is 2.36. The molecule has 58 heavy (non-hydrogen) atoms. The van der Waals surface area contributed by atoms with E-state index < -0.39 is 41.0 Å². The average Bonchev–Trinajstić information content (AvgIpc) is 3.71. The number of hydrogen-bond donors (Lipinski definition) is 4. The van der Waals surface area contributed by atoms with Crippen LogP contribution in [0.25, 0.3) is 21.9 Å². The lowest BCUT2D eigenvalue weighted by atomic mass is 9.86. The minimum absolute atomic E-state index is 0.168. The van der Waals surface area contributed by atoms with Crippen molar-refractivity contribution in [2.75, 3.05) is 18.4 Å². The first-order chi connectivity index (χ1) is 27.6. The third-order valence-electron chi connectivity index (χ3n) is 11.0. The standard InChI is InChI=1S/C42H45F3N8O5/c1-41(2,58)29-22-31-27(21-32(29)48-38(55)30-11-8-13-35(47-30)42(43,44)45)24-52(50-31)28-16-14-25(15-17-28)23-46-20-6-4-5-9-26-10-7-12-33-37(26)51(3)40(57)53(33)34-18-19-36(54)49-39(34)56/h7-8,10-13,21-22,24-25,28,34,46,58H,4,6,14-20,23H2,1-3H3,(H,48,55)(H,49,54,56). The molecule has 1 atom stereocenters. The summed E-state index contributed by atoms with van der Waals surface area (Å²) in [4.78, 5) is 53.9. The highest BCUT2D eigenvalue weighted by molar-refractivity contribution is 6.04. The molecule has 1 saturated heterocycles. The van der Waals surface area contributed by atoms with Gasteiger partial charge in [-0.3, -0.25) is 33.5 Å². The first kappa shape index (κ1) is 40.4. The number of anilines is 1. The Bertz CT molecular complexity index is 2510. The molecule has 0 radical (unpaired) electrons. The molecule has 4 N–H and O–H groups in total. The average molecular weight is 799 g/mol. The van der Waals surface area contributed by atoms with Gasteiger partial charge in [0.15, 0.2) is 0 Å². The van der Waals surface area contributed by atoms with Gasteiger partial charge in [-0.1, -0.05) is 24.0 Å². The zero-order valence-corrected chi connectivity index (χ0v) is 32.4. The van der Waals surface area contributed by atoms with E-state index in [0.29, 0.717) is 40.0 Å². The van der Waals surface area contributed by atoms with E-state index >= 15 is 0 Å². The van der Waals surface area contributed by atoms with Crippen molar-refractivity contribution in [1.82, 2.24) is 34.5 Å². The summed E-state index contributed by atoms with van der Waals surface area (Å²) >= 11 is 0. The highest BCUT2D eigenvalue weighted by atomic mass is 19.4. The number of piperidine rings is 1. The fourth-order valence-corrected chi connectivity index (χ4v) is 7.94. The van der Waals surface area contributed by atoms with Crippen molar-refractivity contribution in [3.63, 3.8) is 0 Å². The third kappa shape index (κ3) is 8.56. The Labute approximate surface area is 332 Å². The van der Waals surface area contributed by atoms with Gasteiger partial charge in [0.1, 0.15) is 17.4 Å². The number of para-hydroxylation sites is 1. The molecule has 3 aromatic heterocycles. The summed E-state index contributed by atoms with van der Waals surface area (Å²) in [6.45, 7) is 4.81. The van der Waals surface area contributed by atoms with E-state index in [2.05, 4.69) is 32.8 Å². The Hall–Kier alpha value is -5.79. The molecule has 1 saturated carbocycles. The smallest absolute Gasteiger partial charge is 0.386 e. The van der Waals surface area contributed by atoms with Crippen molar-refractivity contribution in [3.8, 4) is 11.8 Å². The Kier molecular flexibility index (Phi) is 11.3. The van der Waals surface area contributed by atoms with Crippen LogP contribution in [-0.4, -0.2) is 59.8 Å². The molecule has 1 aliphatic carbocycles. The van der Waals surface area contributed by atoms with Gasteiger partial charge in [-0.25, -0.2) is 9.78 Å². The van der Waals surface area contributed by atoms with Crippen LogP contribution in [0.3, 0.4) is 0 Å². The van der Waals surface area contributed by atoms with Crippen LogP contribution in [0.1, 0.15) is 105 Å². The predicted octanol–water partition coefficient (Wildman–Crippen LogP) is 5.71. The lowest BCUT2D eigenvalue weighted by Crippen LogP contribution is -2.44. The maximum atomic E-state index is 13.2. The molecule has 2 aromatic carbocycles. The number of amides is 3. The maximum absolute atomic E-state index is 13.2. The van der Waals surface area contributed by atoms with E-state index in [0.717, 1.165) is 62.7 Å². The van der Waals surface area contributed by atoms with Crippen LogP contribution in [0.5, 0.6) is 0 Å². The van der Waals surface area contributed by atoms with E-state index in [1.165, 1.54) is 15.2 Å². The van der Waals surface area contributed by atoms with E-state index in [1.54, 1.807) is 39.1 Å². The number of carbonyl (C=O) groups excluding carboxylic acids is 3. The molecule has 304 valence electrons. The Balaban J connectivity index is 0.913. The molecule has 2 fully saturated rings. The molecule has 2 aliphatic rings. The number of unbranched alkanes of at least 4 members (excludes halogenated alkanes) is 1. The van der Waals surface area contributed by atoms with Crippen LogP contribution in [0.2, 0.25) is 0 Å². The van der Waals surface area contributed by atoms with Gasteiger partial charge in [0.25, 0.3) is 5.91 Å². The summed E-state index contributed by atoms with van der Waals surface area (Å²) in [5.74, 6) is 5.32. The van der Waals surface area contributed by atoms with Gasteiger partial charge in [0.05, 0.1) is 33.8 Å². The number of pyridine rings is 1. The van der Waals surface area contributed by atoms with Crippen molar-refractivity contribution < 1.29 is 32.7 Å². The van der Waals surface area contributed by atoms with Crippen LogP contribution < -0.4 is 21.6 Å². The van der Waals surface area contributed by atoms with Crippen LogP contribution in [0.15, 0.2) is 59.5 Å². The topological polar surface area (TPSA) is 165 Å². The molecule has 7 rings (SSSR count). The highest BCUT2D eigenvalue weighted by Gasteiger charge is 2.34. The van der Waals surface area contributed by atoms with Gasteiger partial charge in [-0.05, 0) is 108 Å². The summed E-state index contributed by atoms with van der Waals surface area (Å²) in [5, 5.41) is 25.0. The zero-order chi connectivity index (χ0) is 41.4. The van der Waals surface area contributed by atoms with E-state index in [1.807, 2.05) is 23.0 Å². The largest absolute Gasteiger partial charge is 0.433 e. The van der Waals surface area contributed by atoms with Crippen molar-refractivity contribution in [1.29, 1.82) is 0 Å². The minimum atomic E-state index is -4.70. The zero-order valence-electron chi connectivity index (χ0n) is 32.4. The Morgan fingerprint density at radius 3 is 2.52 bits per heavy atom. The Morgan fingerprint density at radius 2 is 1.79 bits per heavy atom. The molecular weight excluding hydrogens is 754 g/mol. The van der Waals surface area contributed by atoms with Crippen LogP contribution in [0.4, 0.5) is 18.9 Å². The van der Waals surface area contributed by atoms with E-state index in [4.69, 9.17) is 5.10 Å². The normalized spacial score (nSPS) is 18.9. The van der Waals surface area contributed by atoms with Crippen LogP contribution >= 0.6 is 0 Å². The second-order valence-electron chi connectivity index (χ2n) is 15.6. The molecule has 5 aromatic rings. The van der Waals surface area contributed by atoms with Crippen LogP contribution in [-0.2, 0) is 28.4 Å². The van der Waals surface area contributed by atoms with E-state index in [9.17, 15) is 37.5 Å². The van der Waals surface area contributed by atoms with Crippen LogP contribution in [0, 0.1) is 17.8 Å². The molecule has 16 heteroatoms. The van der Waals surface area contributed by atoms with Crippen molar-refractivity contribution in [2.24, 2.45) is 13.0 Å². The lowest BCUT2D eigenvalue weighted by Gasteiger charge is -2.28. The Morgan fingerprint density at radius 1 is 1.03 bits per heavy atom. The number of fused-ring (bicyclic) bond motifs is 2. The SMILES string of the molecule is Cn1c(=O)n(C2CCC(=O)NC2=O)c2cccc(C#CCCCNCC3CCC(n4cc5cc(NC(=O)c6cccc(C(F)(F)F)n6)c(C(C)(C)O)cc5n4)CC3)c21. The summed E-state index contributed by atoms with van der Waals surface area (Å²) in [5.41, 5.74) is -0.0449. The molecule has 1 aliphatic heterocycles. The fourth-order valence-electron chi connectivity index (χ4n) is 7.94. The quantitative estimate of drug-likeness (QED) is 0.0793. The minimum Gasteiger partial charge on any atom is -0.386 e. The number of aromatic nitrogens is 5. The van der Waals surface area contributed by atoms with Crippen molar-refractivity contribution in [2.45, 2.75) is 89.1 Å². The monoisotopic (exact) mass is 798 g/mol. The number of imide groups is 1.